The normalized spacial score (nSPS) is 15.4. The minimum absolute atomic E-state index is 0.978. The van der Waals surface area contributed by atoms with E-state index in [0.717, 1.165) is 19.0 Å². The van der Waals surface area contributed by atoms with Crippen LogP contribution in [0.4, 0.5) is 0 Å². The summed E-state index contributed by atoms with van der Waals surface area (Å²) >= 11 is 3.61. The number of rotatable bonds is 6. The Morgan fingerprint density at radius 2 is 2.19 bits per heavy atom. The van der Waals surface area contributed by atoms with Gasteiger partial charge >= 0.3 is 0 Å². The number of benzene rings is 1. The predicted octanol–water partition coefficient (Wildman–Crippen LogP) is 4.04. The van der Waals surface area contributed by atoms with Crippen molar-refractivity contribution in [3.05, 3.63) is 33.8 Å². The number of hydrogen-bond acceptors (Lipinski definition) is 1. The summed E-state index contributed by atoms with van der Waals surface area (Å²) in [5.41, 5.74) is 2.67. The average Bonchev–Trinajstić information content (AvgIpc) is 3.04. The van der Waals surface area contributed by atoms with Gasteiger partial charge in [0.15, 0.2) is 0 Å². The second kappa shape index (κ2) is 5.83. The summed E-state index contributed by atoms with van der Waals surface area (Å²) in [6, 6.07) is 6.56. The molecule has 0 bridgehead atoms. The molecule has 0 heterocycles. The van der Waals surface area contributed by atoms with E-state index < -0.39 is 0 Å². The van der Waals surface area contributed by atoms with Crippen LogP contribution in [0.1, 0.15) is 36.8 Å². The van der Waals surface area contributed by atoms with Gasteiger partial charge in [-0.2, -0.15) is 0 Å². The molecule has 0 saturated heterocycles. The van der Waals surface area contributed by atoms with Crippen molar-refractivity contribution < 1.29 is 0 Å². The van der Waals surface area contributed by atoms with Crippen LogP contribution in [0, 0.1) is 12.8 Å². The van der Waals surface area contributed by atoms with Gasteiger partial charge in [0.25, 0.3) is 0 Å². The van der Waals surface area contributed by atoms with Crippen molar-refractivity contribution in [3.8, 4) is 0 Å². The lowest BCUT2D eigenvalue weighted by Crippen LogP contribution is -2.15. The standard InChI is InChI=1S/C14H20BrN/c1-11-4-7-13(14(15)9-11)10-16-8-2-3-12-5-6-12/h4,7,9,12,16H,2-3,5-6,8,10H2,1H3. The van der Waals surface area contributed by atoms with E-state index >= 15 is 0 Å². The topological polar surface area (TPSA) is 12.0 Å². The van der Waals surface area contributed by atoms with E-state index in [4.69, 9.17) is 0 Å². The van der Waals surface area contributed by atoms with Gasteiger partial charge in [0, 0.05) is 11.0 Å². The maximum atomic E-state index is 3.61. The lowest BCUT2D eigenvalue weighted by atomic mass is 10.1. The number of nitrogens with one attached hydrogen (secondary N) is 1. The second-order valence-corrected chi connectivity index (χ2v) is 5.71. The van der Waals surface area contributed by atoms with Crippen LogP contribution in [-0.2, 0) is 6.54 Å². The van der Waals surface area contributed by atoms with E-state index in [9.17, 15) is 0 Å². The summed E-state index contributed by atoms with van der Waals surface area (Å²) in [4.78, 5) is 0. The zero-order valence-corrected chi connectivity index (χ0v) is 11.5. The van der Waals surface area contributed by atoms with Crippen LogP contribution < -0.4 is 5.32 Å². The lowest BCUT2D eigenvalue weighted by Gasteiger charge is -2.07. The first-order chi connectivity index (χ1) is 7.75. The Bertz CT molecular complexity index is 345. The monoisotopic (exact) mass is 281 g/mol. The molecule has 1 fully saturated rings. The van der Waals surface area contributed by atoms with Crippen LogP contribution in [0.5, 0.6) is 0 Å². The highest BCUT2D eigenvalue weighted by atomic mass is 79.9. The maximum Gasteiger partial charge on any atom is 0.0222 e. The van der Waals surface area contributed by atoms with E-state index in [1.807, 2.05) is 0 Å². The Labute approximate surface area is 107 Å². The number of aryl methyl sites for hydroxylation is 1. The minimum atomic E-state index is 0.978. The van der Waals surface area contributed by atoms with Gasteiger partial charge in [-0.25, -0.2) is 0 Å². The molecule has 0 radical (unpaired) electrons. The summed E-state index contributed by atoms with van der Waals surface area (Å²) in [6.45, 7) is 4.25. The van der Waals surface area contributed by atoms with Crippen molar-refractivity contribution in [1.82, 2.24) is 5.32 Å². The quantitative estimate of drug-likeness (QED) is 0.776. The maximum absolute atomic E-state index is 3.61. The highest BCUT2D eigenvalue weighted by Crippen LogP contribution is 2.33. The molecular weight excluding hydrogens is 262 g/mol. The molecular formula is C14H20BrN. The molecule has 1 aliphatic rings. The summed E-state index contributed by atoms with van der Waals surface area (Å²) in [7, 11) is 0. The third-order valence-corrected chi connectivity index (χ3v) is 3.93. The third-order valence-electron chi connectivity index (χ3n) is 3.19. The first-order valence-corrected chi connectivity index (χ1v) is 7.01. The SMILES string of the molecule is Cc1ccc(CNCCCC2CC2)c(Br)c1. The Hall–Kier alpha value is -0.340. The fourth-order valence-corrected chi connectivity index (χ4v) is 2.57. The lowest BCUT2D eigenvalue weighted by molar-refractivity contribution is 0.593. The molecule has 0 spiro atoms. The Kier molecular flexibility index (Phi) is 4.42. The van der Waals surface area contributed by atoms with Gasteiger partial charge in [-0.1, -0.05) is 40.9 Å². The van der Waals surface area contributed by atoms with Crippen molar-refractivity contribution in [2.24, 2.45) is 5.92 Å². The van der Waals surface area contributed by atoms with Crippen LogP contribution in [0.15, 0.2) is 22.7 Å². The molecule has 0 aliphatic heterocycles. The summed E-state index contributed by atoms with van der Waals surface area (Å²) in [5.74, 6) is 1.06. The van der Waals surface area contributed by atoms with Gasteiger partial charge in [0.1, 0.15) is 0 Å². The molecule has 2 heteroatoms. The number of hydrogen-bond donors (Lipinski definition) is 1. The molecule has 1 aliphatic carbocycles. The van der Waals surface area contributed by atoms with Gasteiger partial charge in [-0.15, -0.1) is 0 Å². The average molecular weight is 282 g/mol. The minimum Gasteiger partial charge on any atom is -0.313 e. The van der Waals surface area contributed by atoms with E-state index in [2.05, 4.69) is 46.4 Å². The molecule has 2 rings (SSSR count). The molecule has 1 N–H and O–H groups in total. The molecule has 0 atom stereocenters. The highest BCUT2D eigenvalue weighted by molar-refractivity contribution is 9.10. The largest absolute Gasteiger partial charge is 0.313 e. The van der Waals surface area contributed by atoms with Crippen molar-refractivity contribution in [3.63, 3.8) is 0 Å². The summed E-state index contributed by atoms with van der Waals surface area (Å²) < 4.78 is 1.22. The molecule has 0 amide bonds. The molecule has 1 aromatic carbocycles. The van der Waals surface area contributed by atoms with Crippen molar-refractivity contribution >= 4 is 15.9 Å². The van der Waals surface area contributed by atoms with E-state index in [-0.39, 0.29) is 0 Å². The van der Waals surface area contributed by atoms with Gasteiger partial charge in [-0.3, -0.25) is 0 Å². The van der Waals surface area contributed by atoms with E-state index in [1.165, 1.54) is 41.3 Å². The van der Waals surface area contributed by atoms with Crippen molar-refractivity contribution in [2.45, 2.75) is 39.2 Å². The second-order valence-electron chi connectivity index (χ2n) is 4.86. The first kappa shape index (κ1) is 12.1. The van der Waals surface area contributed by atoms with Gasteiger partial charge in [-0.05, 0) is 49.4 Å². The fourth-order valence-electron chi connectivity index (χ4n) is 1.94. The summed E-state index contributed by atoms with van der Waals surface area (Å²) in [6.07, 6.45) is 5.70. The van der Waals surface area contributed by atoms with Crippen LogP contribution in [0.3, 0.4) is 0 Å². The van der Waals surface area contributed by atoms with Crippen molar-refractivity contribution in [2.75, 3.05) is 6.54 Å². The zero-order chi connectivity index (χ0) is 11.4. The fraction of sp³-hybridized carbons (Fsp3) is 0.571. The molecule has 1 aromatic rings. The third kappa shape index (κ3) is 3.91. The van der Waals surface area contributed by atoms with Gasteiger partial charge < -0.3 is 5.32 Å². The Morgan fingerprint density at radius 3 is 2.88 bits per heavy atom. The first-order valence-electron chi connectivity index (χ1n) is 6.21. The molecule has 0 aromatic heterocycles. The zero-order valence-electron chi connectivity index (χ0n) is 9.93. The van der Waals surface area contributed by atoms with Gasteiger partial charge in [0.05, 0.1) is 0 Å². The molecule has 16 heavy (non-hydrogen) atoms. The Morgan fingerprint density at radius 1 is 1.38 bits per heavy atom. The summed E-state index contributed by atoms with van der Waals surface area (Å²) in [5, 5.41) is 3.52. The molecule has 88 valence electrons. The highest BCUT2D eigenvalue weighted by Gasteiger charge is 2.19. The van der Waals surface area contributed by atoms with E-state index in [1.54, 1.807) is 0 Å². The van der Waals surface area contributed by atoms with Crippen molar-refractivity contribution in [1.29, 1.82) is 0 Å². The number of halogens is 1. The smallest absolute Gasteiger partial charge is 0.0222 e. The molecule has 1 nitrogen and oxygen atoms in total. The Balaban J connectivity index is 1.67. The van der Waals surface area contributed by atoms with Crippen LogP contribution >= 0.6 is 15.9 Å². The molecule has 1 saturated carbocycles. The van der Waals surface area contributed by atoms with Gasteiger partial charge in [0.2, 0.25) is 0 Å². The predicted molar refractivity (Wildman–Crippen MR) is 72.5 cm³/mol. The van der Waals surface area contributed by atoms with Crippen LogP contribution in [0.2, 0.25) is 0 Å². The van der Waals surface area contributed by atoms with Crippen LogP contribution in [0.25, 0.3) is 0 Å². The van der Waals surface area contributed by atoms with E-state index in [0.29, 0.717) is 0 Å². The van der Waals surface area contributed by atoms with Crippen LogP contribution in [-0.4, -0.2) is 6.54 Å². The molecule has 0 unspecified atom stereocenters.